The van der Waals surface area contributed by atoms with Crippen molar-refractivity contribution in [2.24, 2.45) is 28.6 Å². The standard InChI is InChI=1S/C30H54FN6O3/c1-7-10-11-27(30(31)34-29(40-33)23-25-15-20-39-21-16-25)22-24(4)12-13-26(8-2)28(38)14-17-37(32)19-18-36(6)35(5)9-3/h11,14,17-18,22,25-26,30H,7-10,12-13,15-16,19-21,23,32-33H2,1-6H3/q+1. The molecule has 0 aliphatic carbocycles. The number of nitrogens with zero attached hydrogens (tertiary/aromatic N) is 4. The molecule has 1 aliphatic rings. The fraction of sp³-hybridized carbons (Fsp3) is 0.700. The quantitative estimate of drug-likeness (QED) is 0.0362. The Bertz CT molecular complexity index is 896. The van der Waals surface area contributed by atoms with Crippen LogP contribution in [0.5, 0.6) is 0 Å². The lowest BCUT2D eigenvalue weighted by Crippen LogP contribution is -2.34. The van der Waals surface area contributed by atoms with Crippen LogP contribution in [0.3, 0.4) is 0 Å². The zero-order chi connectivity index (χ0) is 29.9. The molecule has 0 aromatic heterocycles. The van der Waals surface area contributed by atoms with Crippen molar-refractivity contribution in [1.29, 1.82) is 0 Å². The van der Waals surface area contributed by atoms with E-state index in [1.807, 2.05) is 62.9 Å². The van der Waals surface area contributed by atoms with E-state index in [9.17, 15) is 4.79 Å². The molecule has 9 nitrogen and oxygen atoms in total. The minimum absolute atomic E-state index is 0.0392. The highest BCUT2D eigenvalue weighted by atomic mass is 19.1. The molecule has 10 heteroatoms. The normalized spacial score (nSPS) is 17.7. The van der Waals surface area contributed by atoms with Gasteiger partial charge in [-0.3, -0.25) is 4.79 Å². The number of aliphatic imine (C=N–C) groups is 1. The van der Waals surface area contributed by atoms with E-state index in [1.165, 1.54) is 5.01 Å². The van der Waals surface area contributed by atoms with E-state index in [4.69, 9.17) is 21.3 Å². The van der Waals surface area contributed by atoms with Crippen LogP contribution in [0, 0.1) is 11.8 Å². The first-order valence-electron chi connectivity index (χ1n) is 14.7. The number of halogens is 1. The number of ketones is 1. The van der Waals surface area contributed by atoms with Crippen molar-refractivity contribution in [3.8, 4) is 0 Å². The number of hydrogen-bond acceptors (Lipinski definition) is 8. The van der Waals surface area contributed by atoms with Crippen LogP contribution in [0.1, 0.15) is 79.1 Å². The molecule has 0 amide bonds. The van der Waals surface area contributed by atoms with Gasteiger partial charge in [0.15, 0.2) is 19.0 Å². The van der Waals surface area contributed by atoms with Gasteiger partial charge in [0, 0.05) is 37.3 Å². The zero-order valence-corrected chi connectivity index (χ0v) is 25.7. The lowest BCUT2D eigenvalue weighted by atomic mass is 9.92. The third kappa shape index (κ3) is 14.2. The van der Waals surface area contributed by atoms with Crippen LogP contribution in [0.25, 0.3) is 0 Å². The van der Waals surface area contributed by atoms with E-state index in [0.29, 0.717) is 50.5 Å². The Morgan fingerprint density at radius 2 is 1.98 bits per heavy atom. The lowest BCUT2D eigenvalue weighted by Gasteiger charge is -2.22. The smallest absolute Gasteiger partial charge is 0.218 e. The summed E-state index contributed by atoms with van der Waals surface area (Å²) in [7, 11) is 3.94. The number of carbonyl (C=O) groups is 1. The van der Waals surface area contributed by atoms with Crippen molar-refractivity contribution in [1.82, 2.24) is 10.0 Å². The van der Waals surface area contributed by atoms with Gasteiger partial charge in [-0.25, -0.2) is 15.2 Å². The molecule has 1 rings (SSSR count). The second kappa shape index (κ2) is 20.3. The molecule has 4 N–H and O–H groups in total. The minimum atomic E-state index is -1.56. The molecule has 2 unspecified atom stereocenters. The summed E-state index contributed by atoms with van der Waals surface area (Å²) in [6.07, 6.45) is 13.3. The Kier molecular flexibility index (Phi) is 18.0. The third-order valence-electron chi connectivity index (χ3n) is 7.32. The molecule has 0 spiro atoms. The van der Waals surface area contributed by atoms with Gasteiger partial charge in [0.2, 0.25) is 12.2 Å². The van der Waals surface area contributed by atoms with E-state index in [1.54, 1.807) is 12.3 Å². The van der Waals surface area contributed by atoms with E-state index < -0.39 is 6.30 Å². The van der Waals surface area contributed by atoms with Crippen LogP contribution in [-0.2, 0) is 14.4 Å². The van der Waals surface area contributed by atoms with E-state index in [0.717, 1.165) is 44.2 Å². The minimum Gasteiger partial charge on any atom is -0.396 e. The van der Waals surface area contributed by atoms with Gasteiger partial charge in [-0.15, -0.1) is 4.68 Å². The molecule has 1 heterocycles. The van der Waals surface area contributed by atoms with Crippen molar-refractivity contribution < 1.29 is 23.4 Å². The van der Waals surface area contributed by atoms with Gasteiger partial charge in [0.05, 0.1) is 13.6 Å². The summed E-state index contributed by atoms with van der Waals surface area (Å²) >= 11 is 0. The monoisotopic (exact) mass is 565 g/mol. The van der Waals surface area contributed by atoms with Crippen molar-refractivity contribution in [2.75, 3.05) is 40.4 Å². The Balaban J connectivity index is 2.80. The molecule has 0 bridgehead atoms. The molecule has 228 valence electrons. The summed E-state index contributed by atoms with van der Waals surface area (Å²) in [4.78, 5) is 22.0. The average Bonchev–Trinajstić information content (AvgIpc) is 2.96. The Morgan fingerprint density at radius 1 is 1.27 bits per heavy atom. The van der Waals surface area contributed by atoms with Gasteiger partial charge in [-0.2, -0.15) is 10.9 Å². The van der Waals surface area contributed by atoms with E-state index in [2.05, 4.69) is 11.9 Å². The van der Waals surface area contributed by atoms with Gasteiger partial charge in [0.1, 0.15) is 6.54 Å². The zero-order valence-electron chi connectivity index (χ0n) is 25.7. The highest BCUT2D eigenvalue weighted by Gasteiger charge is 2.20. The van der Waals surface area contributed by atoms with Crippen LogP contribution in [0.15, 0.2) is 40.6 Å². The van der Waals surface area contributed by atoms with Gasteiger partial charge < -0.3 is 14.6 Å². The maximum atomic E-state index is 15.3. The summed E-state index contributed by atoms with van der Waals surface area (Å²) in [5.41, 5.74) is 1.49. The number of hydrazone groups is 1. The first kappa shape index (κ1) is 35.5. The van der Waals surface area contributed by atoms with Crippen LogP contribution >= 0.6 is 0 Å². The molecular formula is C30H54FN6O3+. The topological polar surface area (TPSA) is 109 Å². The van der Waals surface area contributed by atoms with Crippen molar-refractivity contribution >= 4 is 17.9 Å². The Morgan fingerprint density at radius 3 is 2.58 bits per heavy atom. The van der Waals surface area contributed by atoms with Crippen LogP contribution in [0.4, 0.5) is 4.39 Å². The van der Waals surface area contributed by atoms with Gasteiger partial charge in [-0.1, -0.05) is 38.0 Å². The van der Waals surface area contributed by atoms with E-state index >= 15 is 4.39 Å². The van der Waals surface area contributed by atoms with Crippen molar-refractivity contribution in [3.63, 3.8) is 0 Å². The summed E-state index contributed by atoms with van der Waals surface area (Å²) in [5.74, 6) is 11.9. The molecule has 40 heavy (non-hydrogen) atoms. The number of nitrogens with two attached hydrogens (primary N) is 2. The van der Waals surface area contributed by atoms with Crippen LogP contribution in [-0.4, -0.2) is 79.3 Å². The highest BCUT2D eigenvalue weighted by Crippen LogP contribution is 2.23. The number of hydrazine groups is 2. The molecule has 0 saturated carbocycles. The highest BCUT2D eigenvalue weighted by molar-refractivity contribution is 5.91. The fourth-order valence-electron chi connectivity index (χ4n) is 4.31. The summed E-state index contributed by atoms with van der Waals surface area (Å²) < 4.78 is 22.7. The molecular weight excluding hydrogens is 511 g/mol. The molecule has 0 radical (unpaired) electrons. The largest absolute Gasteiger partial charge is 0.396 e. The summed E-state index contributed by atoms with van der Waals surface area (Å²) in [5, 5.41) is 3.54. The van der Waals surface area contributed by atoms with Crippen molar-refractivity contribution in [2.45, 2.75) is 85.4 Å². The van der Waals surface area contributed by atoms with Gasteiger partial charge in [-0.05, 0) is 64.4 Å². The second-order valence-corrected chi connectivity index (χ2v) is 10.5. The lowest BCUT2D eigenvalue weighted by molar-refractivity contribution is -0.658. The molecule has 0 aromatic carbocycles. The summed E-state index contributed by atoms with van der Waals surface area (Å²) in [6, 6.07) is 0. The number of carbonyl (C=O) groups excluding carboxylic acids is 1. The third-order valence-corrected chi connectivity index (χ3v) is 7.32. The number of alkyl halides is 1. The van der Waals surface area contributed by atoms with Crippen LogP contribution < -0.4 is 11.7 Å². The Hall–Kier alpha value is -2.56. The molecule has 0 aromatic rings. The molecule has 1 aliphatic heterocycles. The maximum Gasteiger partial charge on any atom is 0.218 e. The second-order valence-electron chi connectivity index (χ2n) is 10.5. The number of hydrogen-bond donors (Lipinski definition) is 2. The number of rotatable bonds is 18. The number of ether oxygens (including phenoxy) is 1. The molecule has 1 saturated heterocycles. The number of allylic oxidation sites excluding steroid dienone is 3. The van der Waals surface area contributed by atoms with Gasteiger partial charge in [0.25, 0.3) is 0 Å². The fourth-order valence-corrected chi connectivity index (χ4v) is 4.31. The first-order valence-corrected chi connectivity index (χ1v) is 14.7. The van der Waals surface area contributed by atoms with Gasteiger partial charge >= 0.3 is 0 Å². The molecule has 1 fully saturated rings. The van der Waals surface area contributed by atoms with E-state index in [-0.39, 0.29) is 17.6 Å². The summed E-state index contributed by atoms with van der Waals surface area (Å²) in [6.45, 7) is 10.8. The molecule has 2 atom stereocenters. The maximum absolute atomic E-state index is 15.3. The predicted octanol–water partition coefficient (Wildman–Crippen LogP) is 4.71. The number of unbranched alkanes of at least 4 members (excludes halogenated alkanes) is 1. The van der Waals surface area contributed by atoms with Crippen molar-refractivity contribution in [3.05, 3.63) is 35.6 Å². The average molecular weight is 566 g/mol. The Labute approximate surface area is 241 Å². The SMILES string of the molecule is CCCC=C(C=C(C)CCC(CC)C(=O)C=CN(N)CC=[N+](C)N(C)CC)C(F)N=C(CC1CCOCC1)ON. The predicted molar refractivity (Wildman–Crippen MR) is 161 cm³/mol. The van der Waals surface area contributed by atoms with Crippen LogP contribution in [0.2, 0.25) is 0 Å². The first-order chi connectivity index (χ1) is 19.1.